The molecule has 0 spiro atoms. The van der Waals surface area contributed by atoms with Crippen LogP contribution in [0, 0.1) is 6.92 Å². The first-order valence-corrected chi connectivity index (χ1v) is 9.30. The van der Waals surface area contributed by atoms with Crippen molar-refractivity contribution in [2.75, 3.05) is 24.9 Å². The van der Waals surface area contributed by atoms with Gasteiger partial charge < -0.3 is 24.5 Å². The molecule has 0 fully saturated rings. The molecule has 146 valence electrons. The summed E-state index contributed by atoms with van der Waals surface area (Å²) in [6.45, 7) is 1.78. The third-order valence-corrected chi connectivity index (χ3v) is 5.27. The van der Waals surface area contributed by atoms with E-state index in [2.05, 4.69) is 10.6 Å². The van der Waals surface area contributed by atoms with E-state index in [1.807, 2.05) is 0 Å². The summed E-state index contributed by atoms with van der Waals surface area (Å²) >= 11 is 7.30. The van der Waals surface area contributed by atoms with Crippen LogP contribution in [0.2, 0.25) is 5.02 Å². The molecule has 0 unspecified atom stereocenters. The molecule has 0 atom stereocenters. The van der Waals surface area contributed by atoms with Gasteiger partial charge in [0.1, 0.15) is 11.5 Å². The number of hydrogen-bond donors (Lipinski definition) is 2. The Morgan fingerprint density at radius 2 is 1.82 bits per heavy atom. The minimum atomic E-state index is -0.387. The molecule has 28 heavy (non-hydrogen) atoms. The SMILES string of the molecule is COc1cc(OC)c(NC(=O)c2sc(NC(=O)c3ccco3)cc2C)cc1Cl. The Balaban J connectivity index is 1.79. The molecule has 0 bridgehead atoms. The van der Waals surface area contributed by atoms with Gasteiger partial charge in [0.25, 0.3) is 11.8 Å². The van der Waals surface area contributed by atoms with Crippen LogP contribution in [0.25, 0.3) is 0 Å². The maximum Gasteiger partial charge on any atom is 0.291 e. The smallest absolute Gasteiger partial charge is 0.291 e. The summed E-state index contributed by atoms with van der Waals surface area (Å²) in [5, 5.41) is 6.37. The summed E-state index contributed by atoms with van der Waals surface area (Å²) in [4.78, 5) is 25.3. The number of hydrogen-bond acceptors (Lipinski definition) is 6. The van der Waals surface area contributed by atoms with Crippen LogP contribution in [0.3, 0.4) is 0 Å². The number of nitrogens with one attached hydrogen (secondary N) is 2. The number of furan rings is 1. The molecule has 2 heterocycles. The Morgan fingerprint density at radius 1 is 1.07 bits per heavy atom. The number of carbonyl (C=O) groups is 2. The van der Waals surface area contributed by atoms with Crippen molar-refractivity contribution < 1.29 is 23.5 Å². The highest BCUT2D eigenvalue weighted by Gasteiger charge is 2.19. The standard InChI is InChI=1S/C19H17ClN2O5S/c1-10-7-16(22-18(23)13-5-4-6-27-13)28-17(10)19(24)21-12-8-11(20)14(25-2)9-15(12)26-3/h4-9H,1-3H3,(H,21,24)(H,22,23). The van der Waals surface area contributed by atoms with Gasteiger partial charge in [0.2, 0.25) is 0 Å². The van der Waals surface area contributed by atoms with Gasteiger partial charge in [-0.2, -0.15) is 0 Å². The Hall–Kier alpha value is -2.97. The summed E-state index contributed by atoms with van der Waals surface area (Å²) in [6, 6.07) is 8.05. The molecule has 2 amide bonds. The first kappa shape index (κ1) is 19.8. The van der Waals surface area contributed by atoms with Crippen molar-refractivity contribution in [2.45, 2.75) is 6.92 Å². The largest absolute Gasteiger partial charge is 0.495 e. The zero-order valence-corrected chi connectivity index (χ0v) is 16.9. The molecule has 0 aliphatic carbocycles. The zero-order valence-electron chi connectivity index (χ0n) is 15.3. The Kier molecular flexibility index (Phi) is 5.91. The van der Waals surface area contributed by atoms with Gasteiger partial charge in [-0.05, 0) is 36.8 Å². The number of methoxy groups -OCH3 is 2. The number of halogens is 1. The Bertz CT molecular complexity index is 1010. The number of rotatable bonds is 6. The number of benzene rings is 1. The van der Waals surface area contributed by atoms with Crippen LogP contribution >= 0.6 is 22.9 Å². The first-order chi connectivity index (χ1) is 13.4. The predicted molar refractivity (Wildman–Crippen MR) is 108 cm³/mol. The van der Waals surface area contributed by atoms with E-state index in [1.165, 1.54) is 20.5 Å². The van der Waals surface area contributed by atoms with Crippen LogP contribution in [0.1, 0.15) is 25.8 Å². The molecular formula is C19H17ClN2O5S. The van der Waals surface area contributed by atoms with E-state index in [1.54, 1.807) is 37.3 Å². The van der Waals surface area contributed by atoms with Crippen LogP contribution < -0.4 is 20.1 Å². The third kappa shape index (κ3) is 4.13. The van der Waals surface area contributed by atoms with Crippen molar-refractivity contribution in [3.05, 3.63) is 57.8 Å². The van der Waals surface area contributed by atoms with E-state index in [0.717, 1.165) is 16.9 Å². The van der Waals surface area contributed by atoms with Crippen molar-refractivity contribution in [2.24, 2.45) is 0 Å². The van der Waals surface area contributed by atoms with Crippen LogP contribution in [0.4, 0.5) is 10.7 Å². The van der Waals surface area contributed by atoms with E-state index >= 15 is 0 Å². The fourth-order valence-corrected chi connectivity index (χ4v) is 3.69. The highest BCUT2D eigenvalue weighted by molar-refractivity contribution is 7.18. The maximum atomic E-state index is 12.7. The second-order valence-corrected chi connectivity index (χ2v) is 7.15. The molecule has 0 aliphatic rings. The Morgan fingerprint density at radius 3 is 2.46 bits per heavy atom. The lowest BCUT2D eigenvalue weighted by Crippen LogP contribution is -2.12. The van der Waals surface area contributed by atoms with Gasteiger partial charge in [-0.15, -0.1) is 11.3 Å². The van der Waals surface area contributed by atoms with Crippen LogP contribution in [0.5, 0.6) is 11.5 Å². The average Bonchev–Trinajstić information content (AvgIpc) is 3.32. The number of carbonyl (C=O) groups excluding carboxylic acids is 2. The lowest BCUT2D eigenvalue weighted by molar-refractivity contribution is 0.0995. The van der Waals surface area contributed by atoms with Crippen molar-refractivity contribution in [3.63, 3.8) is 0 Å². The van der Waals surface area contributed by atoms with Gasteiger partial charge in [0.15, 0.2) is 5.76 Å². The van der Waals surface area contributed by atoms with Crippen LogP contribution in [-0.2, 0) is 0 Å². The van der Waals surface area contributed by atoms with E-state index in [-0.39, 0.29) is 17.6 Å². The highest BCUT2D eigenvalue weighted by atomic mass is 35.5. The molecule has 7 nitrogen and oxygen atoms in total. The van der Waals surface area contributed by atoms with Gasteiger partial charge in [-0.25, -0.2) is 0 Å². The van der Waals surface area contributed by atoms with E-state index in [0.29, 0.717) is 32.1 Å². The lowest BCUT2D eigenvalue weighted by Gasteiger charge is -2.13. The van der Waals surface area contributed by atoms with Gasteiger partial charge >= 0.3 is 0 Å². The molecule has 3 rings (SSSR count). The fourth-order valence-electron chi connectivity index (χ4n) is 2.49. The molecule has 9 heteroatoms. The Labute approximate surface area is 170 Å². The minimum absolute atomic E-state index is 0.190. The molecule has 2 aromatic heterocycles. The van der Waals surface area contributed by atoms with Crippen molar-refractivity contribution in [3.8, 4) is 11.5 Å². The third-order valence-electron chi connectivity index (χ3n) is 3.83. The number of amides is 2. The van der Waals surface area contributed by atoms with Crippen LogP contribution in [-0.4, -0.2) is 26.0 Å². The molecule has 0 saturated carbocycles. The molecule has 3 aromatic rings. The predicted octanol–water partition coefficient (Wildman–Crippen LogP) is 4.82. The minimum Gasteiger partial charge on any atom is -0.495 e. The lowest BCUT2D eigenvalue weighted by atomic mass is 10.2. The second kappa shape index (κ2) is 8.37. The van der Waals surface area contributed by atoms with Gasteiger partial charge in [-0.3, -0.25) is 9.59 Å². The van der Waals surface area contributed by atoms with Gasteiger partial charge in [-0.1, -0.05) is 11.6 Å². The summed E-state index contributed by atoms with van der Waals surface area (Å²) in [5.74, 6) is 0.305. The topological polar surface area (TPSA) is 89.8 Å². The molecule has 0 saturated heterocycles. The molecule has 2 N–H and O–H groups in total. The monoisotopic (exact) mass is 420 g/mol. The fraction of sp³-hybridized carbons (Fsp3) is 0.158. The van der Waals surface area contributed by atoms with Crippen LogP contribution in [0.15, 0.2) is 41.0 Å². The summed E-state index contributed by atoms with van der Waals surface area (Å²) in [5.41, 5.74) is 1.13. The molecule has 0 radical (unpaired) electrons. The quantitative estimate of drug-likeness (QED) is 0.596. The summed E-state index contributed by atoms with van der Waals surface area (Å²) in [6.07, 6.45) is 1.42. The summed E-state index contributed by atoms with van der Waals surface area (Å²) in [7, 11) is 2.98. The second-order valence-electron chi connectivity index (χ2n) is 5.70. The number of aryl methyl sites for hydroxylation is 1. The summed E-state index contributed by atoms with van der Waals surface area (Å²) < 4.78 is 15.5. The molecule has 1 aromatic carbocycles. The van der Waals surface area contributed by atoms with Crippen molar-refractivity contribution >= 4 is 45.4 Å². The normalized spacial score (nSPS) is 10.4. The number of ether oxygens (including phenoxy) is 2. The highest BCUT2D eigenvalue weighted by Crippen LogP contribution is 2.37. The molecule has 0 aliphatic heterocycles. The average molecular weight is 421 g/mol. The number of anilines is 2. The van der Waals surface area contributed by atoms with E-state index in [4.69, 9.17) is 25.5 Å². The van der Waals surface area contributed by atoms with Gasteiger partial charge in [0.05, 0.1) is 41.1 Å². The van der Waals surface area contributed by atoms with E-state index in [9.17, 15) is 9.59 Å². The maximum absolute atomic E-state index is 12.7. The van der Waals surface area contributed by atoms with Gasteiger partial charge in [0, 0.05) is 6.07 Å². The zero-order chi connectivity index (χ0) is 20.3. The molecular weight excluding hydrogens is 404 g/mol. The van der Waals surface area contributed by atoms with E-state index < -0.39 is 0 Å². The van der Waals surface area contributed by atoms with Crippen molar-refractivity contribution in [1.29, 1.82) is 0 Å². The number of thiophene rings is 1. The first-order valence-electron chi connectivity index (χ1n) is 8.11. The van der Waals surface area contributed by atoms with Crippen molar-refractivity contribution in [1.82, 2.24) is 0 Å².